The molecule has 0 amide bonds. The van der Waals surface area contributed by atoms with Crippen molar-refractivity contribution in [3.63, 3.8) is 0 Å². The van der Waals surface area contributed by atoms with E-state index in [-0.39, 0.29) is 13.1 Å². The highest BCUT2D eigenvalue weighted by molar-refractivity contribution is 4.88. The Bertz CT molecular complexity index is 150. The van der Waals surface area contributed by atoms with Gasteiger partial charge >= 0.3 is 0 Å². The van der Waals surface area contributed by atoms with Gasteiger partial charge in [0, 0.05) is 13.1 Å². The van der Waals surface area contributed by atoms with Crippen LogP contribution in [0.4, 0.5) is 0 Å². The molecule has 4 N–H and O–H groups in total. The SMILES string of the molecule is CCN1C[C@@H](O)[C@H](O)[C@H](O)[C@@H](O)C1. The molecule has 13 heavy (non-hydrogen) atoms. The van der Waals surface area contributed by atoms with E-state index in [0.29, 0.717) is 6.54 Å². The van der Waals surface area contributed by atoms with E-state index in [1.54, 1.807) is 4.90 Å². The molecular formula is C8H17NO4. The van der Waals surface area contributed by atoms with Crippen LogP contribution in [-0.2, 0) is 0 Å². The molecule has 1 aliphatic heterocycles. The van der Waals surface area contributed by atoms with Crippen LogP contribution >= 0.6 is 0 Å². The van der Waals surface area contributed by atoms with Gasteiger partial charge in [0.2, 0.25) is 0 Å². The number of aliphatic hydroxyl groups is 4. The summed E-state index contributed by atoms with van der Waals surface area (Å²) in [5.74, 6) is 0. The third-order valence-electron chi connectivity index (χ3n) is 2.48. The molecule has 5 heteroatoms. The molecule has 0 aromatic rings. The van der Waals surface area contributed by atoms with Gasteiger partial charge in [0.05, 0.1) is 12.2 Å². The summed E-state index contributed by atoms with van der Waals surface area (Å²) in [5.41, 5.74) is 0. The van der Waals surface area contributed by atoms with Crippen LogP contribution in [0, 0.1) is 0 Å². The Hall–Kier alpha value is -0.200. The van der Waals surface area contributed by atoms with Crippen molar-refractivity contribution in [3.05, 3.63) is 0 Å². The zero-order valence-corrected chi connectivity index (χ0v) is 7.67. The highest BCUT2D eigenvalue weighted by Gasteiger charge is 2.35. The molecule has 5 nitrogen and oxygen atoms in total. The van der Waals surface area contributed by atoms with Gasteiger partial charge in [-0.05, 0) is 6.54 Å². The first kappa shape index (κ1) is 10.9. The number of likely N-dealkylation sites (N-methyl/N-ethyl adjacent to an activating group) is 1. The number of nitrogens with zero attached hydrogens (tertiary/aromatic N) is 1. The van der Waals surface area contributed by atoms with E-state index in [9.17, 15) is 20.4 Å². The molecule has 78 valence electrons. The van der Waals surface area contributed by atoms with Gasteiger partial charge in [0.15, 0.2) is 0 Å². The van der Waals surface area contributed by atoms with E-state index in [2.05, 4.69) is 0 Å². The molecule has 1 heterocycles. The topological polar surface area (TPSA) is 84.2 Å². The van der Waals surface area contributed by atoms with Crippen LogP contribution in [-0.4, -0.2) is 69.4 Å². The summed E-state index contributed by atoms with van der Waals surface area (Å²) in [6.07, 6.45) is -4.50. The minimum absolute atomic E-state index is 0.284. The fourth-order valence-electron chi connectivity index (χ4n) is 1.53. The average Bonchev–Trinajstić information content (AvgIpc) is 2.20. The maximum atomic E-state index is 9.38. The van der Waals surface area contributed by atoms with Crippen LogP contribution in [0.1, 0.15) is 6.92 Å². The predicted molar refractivity (Wildman–Crippen MR) is 46.1 cm³/mol. The minimum atomic E-state index is -1.26. The normalized spacial score (nSPS) is 43.2. The molecule has 1 fully saturated rings. The summed E-state index contributed by atoms with van der Waals surface area (Å²) in [6.45, 7) is 3.13. The van der Waals surface area contributed by atoms with Crippen LogP contribution in [0.3, 0.4) is 0 Å². The molecular weight excluding hydrogens is 174 g/mol. The van der Waals surface area contributed by atoms with E-state index >= 15 is 0 Å². The van der Waals surface area contributed by atoms with Gasteiger partial charge in [0.25, 0.3) is 0 Å². The van der Waals surface area contributed by atoms with Crippen LogP contribution < -0.4 is 0 Å². The van der Waals surface area contributed by atoms with Crippen molar-refractivity contribution in [2.24, 2.45) is 0 Å². The minimum Gasteiger partial charge on any atom is -0.389 e. The molecule has 0 saturated carbocycles. The predicted octanol–water partition coefficient (Wildman–Crippen LogP) is -2.23. The lowest BCUT2D eigenvalue weighted by molar-refractivity contribution is -0.0894. The Morgan fingerprint density at radius 2 is 1.38 bits per heavy atom. The molecule has 0 spiro atoms. The van der Waals surface area contributed by atoms with Gasteiger partial charge in [-0.3, -0.25) is 4.90 Å². The second kappa shape index (κ2) is 4.34. The smallest absolute Gasteiger partial charge is 0.110 e. The van der Waals surface area contributed by atoms with Crippen molar-refractivity contribution in [1.29, 1.82) is 0 Å². The molecule has 0 aromatic heterocycles. The quantitative estimate of drug-likeness (QED) is 0.377. The van der Waals surface area contributed by atoms with Crippen molar-refractivity contribution in [1.82, 2.24) is 4.90 Å². The van der Waals surface area contributed by atoms with Crippen molar-refractivity contribution in [2.75, 3.05) is 19.6 Å². The lowest BCUT2D eigenvalue weighted by Gasteiger charge is -2.21. The second-order valence-electron chi connectivity index (χ2n) is 3.47. The van der Waals surface area contributed by atoms with Gasteiger partial charge in [0.1, 0.15) is 12.2 Å². The van der Waals surface area contributed by atoms with Crippen molar-refractivity contribution < 1.29 is 20.4 Å². The Morgan fingerprint density at radius 3 is 1.69 bits per heavy atom. The summed E-state index contributed by atoms with van der Waals surface area (Å²) in [7, 11) is 0. The molecule has 1 saturated heterocycles. The van der Waals surface area contributed by atoms with Gasteiger partial charge < -0.3 is 20.4 Å². The number of likely N-dealkylation sites (tertiary alicyclic amines) is 1. The number of hydrogen-bond donors (Lipinski definition) is 4. The molecule has 1 aliphatic rings. The molecule has 0 radical (unpaired) electrons. The van der Waals surface area contributed by atoms with E-state index in [1.165, 1.54) is 0 Å². The summed E-state index contributed by atoms with van der Waals surface area (Å²) in [5, 5.41) is 37.4. The Kier molecular flexibility index (Phi) is 3.63. The fourth-order valence-corrected chi connectivity index (χ4v) is 1.53. The molecule has 0 aromatic carbocycles. The van der Waals surface area contributed by atoms with Crippen LogP contribution in [0.15, 0.2) is 0 Å². The third-order valence-corrected chi connectivity index (χ3v) is 2.48. The zero-order chi connectivity index (χ0) is 10.0. The number of β-amino-alcohol motifs (C(OH)–C–C–N with tert-alkyl or cyclic N) is 2. The van der Waals surface area contributed by atoms with Gasteiger partial charge in [-0.25, -0.2) is 0 Å². The standard InChI is InChI=1S/C8H17NO4/c1-2-9-3-5(10)7(12)8(13)6(11)4-9/h5-8,10-13H,2-4H2,1H3/t5-,6+,7+,8-. The lowest BCUT2D eigenvalue weighted by Crippen LogP contribution is -2.43. The highest BCUT2D eigenvalue weighted by Crippen LogP contribution is 2.12. The monoisotopic (exact) mass is 191 g/mol. The Morgan fingerprint density at radius 1 is 1.00 bits per heavy atom. The van der Waals surface area contributed by atoms with Crippen molar-refractivity contribution in [2.45, 2.75) is 31.3 Å². The number of rotatable bonds is 1. The number of aliphatic hydroxyl groups excluding tert-OH is 4. The molecule has 0 aliphatic carbocycles. The maximum Gasteiger partial charge on any atom is 0.110 e. The first-order valence-corrected chi connectivity index (χ1v) is 4.51. The van der Waals surface area contributed by atoms with E-state index in [0.717, 1.165) is 0 Å². The summed E-state index contributed by atoms with van der Waals surface area (Å²) in [6, 6.07) is 0. The largest absolute Gasteiger partial charge is 0.389 e. The lowest BCUT2D eigenvalue weighted by atomic mass is 10.1. The number of hydrogen-bond acceptors (Lipinski definition) is 5. The molecule has 1 rings (SSSR count). The Labute approximate surface area is 77.2 Å². The van der Waals surface area contributed by atoms with Crippen LogP contribution in [0.25, 0.3) is 0 Å². The summed E-state index contributed by atoms with van der Waals surface area (Å²) >= 11 is 0. The van der Waals surface area contributed by atoms with Crippen LogP contribution in [0.5, 0.6) is 0 Å². The fraction of sp³-hybridized carbons (Fsp3) is 1.00. The maximum absolute atomic E-state index is 9.38. The first-order valence-electron chi connectivity index (χ1n) is 4.51. The zero-order valence-electron chi connectivity index (χ0n) is 7.67. The van der Waals surface area contributed by atoms with Gasteiger partial charge in [-0.1, -0.05) is 6.92 Å². The van der Waals surface area contributed by atoms with Gasteiger partial charge in [-0.15, -0.1) is 0 Å². The summed E-state index contributed by atoms with van der Waals surface area (Å²) in [4.78, 5) is 1.79. The third kappa shape index (κ3) is 2.38. The van der Waals surface area contributed by atoms with E-state index < -0.39 is 24.4 Å². The second-order valence-corrected chi connectivity index (χ2v) is 3.47. The highest BCUT2D eigenvalue weighted by atomic mass is 16.4. The molecule has 4 atom stereocenters. The Balaban J connectivity index is 2.66. The van der Waals surface area contributed by atoms with Crippen molar-refractivity contribution >= 4 is 0 Å². The average molecular weight is 191 g/mol. The molecule has 0 bridgehead atoms. The van der Waals surface area contributed by atoms with E-state index in [4.69, 9.17) is 0 Å². The van der Waals surface area contributed by atoms with Crippen molar-refractivity contribution in [3.8, 4) is 0 Å². The first-order chi connectivity index (χ1) is 6.06. The van der Waals surface area contributed by atoms with E-state index in [1.807, 2.05) is 6.92 Å². The molecule has 0 unspecified atom stereocenters. The van der Waals surface area contributed by atoms with Gasteiger partial charge in [-0.2, -0.15) is 0 Å². The van der Waals surface area contributed by atoms with Crippen LogP contribution in [0.2, 0.25) is 0 Å². The summed E-state index contributed by atoms with van der Waals surface area (Å²) < 4.78 is 0.